The summed E-state index contributed by atoms with van der Waals surface area (Å²) >= 11 is 0. The number of carbonyl (C=O) groups excluding carboxylic acids is 1. The van der Waals surface area contributed by atoms with Crippen LogP contribution in [0.5, 0.6) is 0 Å². The molecule has 0 bridgehead atoms. The van der Waals surface area contributed by atoms with Crippen LogP contribution in [0.1, 0.15) is 20.8 Å². The van der Waals surface area contributed by atoms with E-state index in [0.717, 1.165) is 13.1 Å². The molecule has 76 valence electrons. The van der Waals surface area contributed by atoms with E-state index in [1.165, 1.54) is 0 Å². The molecule has 0 aliphatic carbocycles. The van der Waals surface area contributed by atoms with Crippen LogP contribution in [0.3, 0.4) is 0 Å². The Morgan fingerprint density at radius 2 is 1.92 bits per heavy atom. The number of nitrogens with zero attached hydrogens (tertiary/aromatic N) is 1. The van der Waals surface area contributed by atoms with E-state index in [0.29, 0.717) is 5.92 Å². The quantitative estimate of drug-likeness (QED) is 0.659. The lowest BCUT2D eigenvalue weighted by molar-refractivity contribution is -0.144. The highest BCUT2D eigenvalue weighted by molar-refractivity contribution is 5.78. The summed E-state index contributed by atoms with van der Waals surface area (Å²) in [6.45, 7) is 7.67. The van der Waals surface area contributed by atoms with E-state index in [4.69, 9.17) is 4.74 Å². The van der Waals surface area contributed by atoms with Gasteiger partial charge in [0.2, 0.25) is 5.91 Å². The standard InChI is InChI=1S/C10H19NO2/c1-7(2)10(12)11-5-9(6-11)8(3)13-4/h7-9H,5-6H2,1-4H3. The van der Waals surface area contributed by atoms with Crippen LogP contribution in [-0.4, -0.2) is 37.1 Å². The fourth-order valence-corrected chi connectivity index (χ4v) is 1.55. The molecule has 1 fully saturated rings. The molecule has 3 nitrogen and oxygen atoms in total. The predicted molar refractivity (Wildman–Crippen MR) is 51.4 cm³/mol. The number of ether oxygens (including phenoxy) is 1. The third kappa shape index (κ3) is 2.21. The Hall–Kier alpha value is -0.570. The Morgan fingerprint density at radius 1 is 1.38 bits per heavy atom. The molecule has 0 aromatic rings. The largest absolute Gasteiger partial charge is 0.381 e. The summed E-state index contributed by atoms with van der Waals surface area (Å²) < 4.78 is 5.20. The molecule has 3 heteroatoms. The minimum absolute atomic E-state index is 0.124. The van der Waals surface area contributed by atoms with Gasteiger partial charge in [0.25, 0.3) is 0 Å². The van der Waals surface area contributed by atoms with Crippen molar-refractivity contribution in [1.29, 1.82) is 0 Å². The van der Waals surface area contributed by atoms with E-state index < -0.39 is 0 Å². The molecule has 1 heterocycles. The first-order valence-corrected chi connectivity index (χ1v) is 4.87. The lowest BCUT2D eigenvalue weighted by atomic mass is 9.93. The monoisotopic (exact) mass is 185 g/mol. The van der Waals surface area contributed by atoms with Crippen molar-refractivity contribution in [2.75, 3.05) is 20.2 Å². The van der Waals surface area contributed by atoms with E-state index in [2.05, 4.69) is 6.92 Å². The number of rotatable bonds is 3. The first-order chi connectivity index (χ1) is 6.06. The summed E-state index contributed by atoms with van der Waals surface area (Å²) in [5.74, 6) is 0.922. The Labute approximate surface area is 80.1 Å². The second kappa shape index (κ2) is 4.09. The molecule has 0 aromatic heterocycles. The lowest BCUT2D eigenvalue weighted by Gasteiger charge is -2.42. The van der Waals surface area contributed by atoms with Crippen molar-refractivity contribution in [3.63, 3.8) is 0 Å². The number of likely N-dealkylation sites (tertiary alicyclic amines) is 1. The van der Waals surface area contributed by atoms with Gasteiger partial charge in [-0.05, 0) is 6.92 Å². The Bertz CT molecular complexity index is 185. The molecule has 1 saturated heterocycles. The zero-order valence-corrected chi connectivity index (χ0v) is 8.91. The second-order valence-corrected chi connectivity index (χ2v) is 4.10. The molecule has 1 aliphatic heterocycles. The first-order valence-electron chi connectivity index (χ1n) is 4.87. The molecule has 13 heavy (non-hydrogen) atoms. The summed E-state index contributed by atoms with van der Waals surface area (Å²) in [4.78, 5) is 13.4. The van der Waals surface area contributed by atoms with Gasteiger partial charge in [-0.25, -0.2) is 0 Å². The van der Waals surface area contributed by atoms with Crippen molar-refractivity contribution in [2.45, 2.75) is 26.9 Å². The van der Waals surface area contributed by atoms with Gasteiger partial charge in [0.05, 0.1) is 6.10 Å². The molecule has 1 aliphatic rings. The third-order valence-electron chi connectivity index (χ3n) is 2.75. The maximum absolute atomic E-state index is 11.5. The first kappa shape index (κ1) is 10.5. The van der Waals surface area contributed by atoms with E-state index in [1.807, 2.05) is 18.7 Å². The summed E-state index contributed by atoms with van der Waals surface area (Å²) in [6, 6.07) is 0. The van der Waals surface area contributed by atoms with Gasteiger partial charge in [0.1, 0.15) is 0 Å². The molecular weight excluding hydrogens is 166 g/mol. The SMILES string of the molecule is COC(C)C1CN(C(=O)C(C)C)C1. The number of hydrogen-bond donors (Lipinski definition) is 0. The van der Waals surface area contributed by atoms with Gasteiger partial charge >= 0.3 is 0 Å². The minimum atomic E-state index is 0.124. The topological polar surface area (TPSA) is 29.5 Å². The zero-order valence-electron chi connectivity index (χ0n) is 8.91. The van der Waals surface area contributed by atoms with Gasteiger partial charge in [-0.1, -0.05) is 13.8 Å². The summed E-state index contributed by atoms with van der Waals surface area (Å²) in [7, 11) is 1.72. The summed E-state index contributed by atoms with van der Waals surface area (Å²) in [6.07, 6.45) is 0.274. The third-order valence-corrected chi connectivity index (χ3v) is 2.75. The molecule has 0 aromatic carbocycles. The van der Waals surface area contributed by atoms with Crippen molar-refractivity contribution < 1.29 is 9.53 Å². The van der Waals surface area contributed by atoms with Crippen molar-refractivity contribution >= 4 is 5.91 Å². The summed E-state index contributed by atoms with van der Waals surface area (Å²) in [5.41, 5.74) is 0. The van der Waals surface area contributed by atoms with Gasteiger partial charge in [0.15, 0.2) is 0 Å². The van der Waals surface area contributed by atoms with Crippen molar-refractivity contribution in [3.8, 4) is 0 Å². The number of carbonyl (C=O) groups is 1. The van der Waals surface area contributed by atoms with Crippen LogP contribution in [0.25, 0.3) is 0 Å². The van der Waals surface area contributed by atoms with Gasteiger partial charge in [-0.2, -0.15) is 0 Å². The van der Waals surface area contributed by atoms with Gasteiger partial charge in [0, 0.05) is 32.0 Å². The predicted octanol–water partition coefficient (Wildman–Crippen LogP) is 1.14. The van der Waals surface area contributed by atoms with Crippen LogP contribution >= 0.6 is 0 Å². The number of methoxy groups -OCH3 is 1. The molecule has 1 unspecified atom stereocenters. The summed E-state index contributed by atoms with van der Waals surface area (Å²) in [5, 5.41) is 0. The minimum Gasteiger partial charge on any atom is -0.381 e. The fourth-order valence-electron chi connectivity index (χ4n) is 1.55. The van der Waals surface area contributed by atoms with Crippen molar-refractivity contribution in [1.82, 2.24) is 4.90 Å². The molecule has 0 radical (unpaired) electrons. The molecule has 0 N–H and O–H groups in total. The lowest BCUT2D eigenvalue weighted by Crippen LogP contribution is -2.55. The molecule has 1 amide bonds. The highest BCUT2D eigenvalue weighted by Crippen LogP contribution is 2.22. The van der Waals surface area contributed by atoms with Crippen molar-refractivity contribution in [2.24, 2.45) is 11.8 Å². The zero-order chi connectivity index (χ0) is 10.0. The maximum atomic E-state index is 11.5. The molecular formula is C10H19NO2. The maximum Gasteiger partial charge on any atom is 0.225 e. The second-order valence-electron chi connectivity index (χ2n) is 4.10. The average molecular weight is 185 g/mol. The van der Waals surface area contributed by atoms with Crippen LogP contribution in [-0.2, 0) is 9.53 Å². The highest BCUT2D eigenvalue weighted by Gasteiger charge is 2.34. The molecule has 1 rings (SSSR count). The van der Waals surface area contributed by atoms with Crippen LogP contribution in [0, 0.1) is 11.8 Å². The molecule has 0 saturated carbocycles. The Morgan fingerprint density at radius 3 is 2.31 bits per heavy atom. The molecule has 0 spiro atoms. The average Bonchev–Trinajstić information content (AvgIpc) is 2.00. The van der Waals surface area contributed by atoms with E-state index in [9.17, 15) is 4.79 Å². The van der Waals surface area contributed by atoms with Gasteiger partial charge < -0.3 is 9.64 Å². The van der Waals surface area contributed by atoms with Crippen LogP contribution in [0.2, 0.25) is 0 Å². The van der Waals surface area contributed by atoms with E-state index in [-0.39, 0.29) is 17.9 Å². The van der Waals surface area contributed by atoms with Crippen LogP contribution in [0.4, 0.5) is 0 Å². The Balaban J connectivity index is 2.29. The normalized spacial score (nSPS) is 20.2. The Kier molecular flexibility index (Phi) is 3.31. The van der Waals surface area contributed by atoms with Crippen LogP contribution < -0.4 is 0 Å². The highest BCUT2D eigenvalue weighted by atomic mass is 16.5. The smallest absolute Gasteiger partial charge is 0.225 e. The van der Waals surface area contributed by atoms with Gasteiger partial charge in [-0.3, -0.25) is 4.79 Å². The van der Waals surface area contributed by atoms with Crippen LogP contribution in [0.15, 0.2) is 0 Å². The number of hydrogen-bond acceptors (Lipinski definition) is 2. The van der Waals surface area contributed by atoms with E-state index in [1.54, 1.807) is 7.11 Å². The van der Waals surface area contributed by atoms with Crippen molar-refractivity contribution in [3.05, 3.63) is 0 Å². The van der Waals surface area contributed by atoms with Gasteiger partial charge in [-0.15, -0.1) is 0 Å². The fraction of sp³-hybridized carbons (Fsp3) is 0.900. The number of amides is 1. The molecule has 1 atom stereocenters. The van der Waals surface area contributed by atoms with E-state index >= 15 is 0 Å².